The van der Waals surface area contributed by atoms with Crippen LogP contribution in [0.25, 0.3) is 0 Å². The minimum Gasteiger partial charge on any atom is -0.468 e. The number of hydrogen-bond donors (Lipinski definition) is 1. The average Bonchev–Trinajstić information content (AvgIpc) is 2.65. The van der Waals surface area contributed by atoms with Crippen LogP contribution in [0.3, 0.4) is 0 Å². The fraction of sp³-hybridized carbons (Fsp3) is 0.500. The van der Waals surface area contributed by atoms with Crippen molar-refractivity contribution < 1.29 is 37.6 Å². The van der Waals surface area contributed by atoms with Crippen molar-refractivity contribution in [3.63, 3.8) is 0 Å². The smallest absolute Gasteiger partial charge is 0.460 e. The van der Waals surface area contributed by atoms with Crippen molar-refractivity contribution in [3.05, 3.63) is 34.4 Å². The topological polar surface area (TPSA) is 143 Å². The Labute approximate surface area is 162 Å². The number of esters is 2. The van der Waals surface area contributed by atoms with E-state index in [-0.39, 0.29) is 23.8 Å². The van der Waals surface area contributed by atoms with Gasteiger partial charge in [-0.2, -0.15) is 5.09 Å². The summed E-state index contributed by atoms with van der Waals surface area (Å²) < 4.78 is 32.7. The molecule has 1 N–H and O–H groups in total. The van der Waals surface area contributed by atoms with Crippen LogP contribution in [0.15, 0.2) is 24.3 Å². The van der Waals surface area contributed by atoms with Gasteiger partial charge in [0.1, 0.15) is 11.8 Å². The van der Waals surface area contributed by atoms with Crippen LogP contribution in [0, 0.1) is 16.0 Å². The Balaban J connectivity index is 3.09. The maximum absolute atomic E-state index is 13.1. The first-order valence-electron chi connectivity index (χ1n) is 8.21. The number of non-ortho nitro benzene ring substituents is 1. The van der Waals surface area contributed by atoms with E-state index in [1.807, 2.05) is 13.8 Å². The molecule has 0 amide bonds. The molecular formula is C16H23N2O9P. The highest BCUT2D eigenvalue weighted by molar-refractivity contribution is 7.52. The predicted molar refractivity (Wildman–Crippen MR) is 97.7 cm³/mol. The monoisotopic (exact) mass is 418 g/mol. The number of methoxy groups -OCH3 is 2. The maximum Gasteiger partial charge on any atom is 0.460 e. The van der Waals surface area contributed by atoms with E-state index in [1.165, 1.54) is 19.2 Å². The standard InChI is InChI=1S/C16H23N2O9P/c1-11(2)9-14(16(20)25-4)17-28(23,26-10-15(19)24-3)27-13-7-5-12(6-8-13)18(21)22/h5-8,11,14H,9-10H2,1-4H3,(H,17,23)/t14-,28?/m0/s1. The number of carbonyl (C=O) groups excluding carboxylic acids is 2. The van der Waals surface area contributed by atoms with Crippen LogP contribution in [-0.4, -0.2) is 43.7 Å². The molecule has 0 radical (unpaired) electrons. The molecule has 1 unspecified atom stereocenters. The summed E-state index contributed by atoms with van der Waals surface area (Å²) in [5.74, 6) is -1.50. The molecule has 2 atom stereocenters. The predicted octanol–water partition coefficient (Wildman–Crippen LogP) is 2.45. The Bertz CT molecular complexity index is 736. The molecule has 0 saturated carbocycles. The van der Waals surface area contributed by atoms with Crippen LogP contribution < -0.4 is 9.61 Å². The van der Waals surface area contributed by atoms with Gasteiger partial charge in [0, 0.05) is 12.1 Å². The first-order valence-corrected chi connectivity index (χ1v) is 9.75. The first kappa shape index (κ1) is 23.5. The van der Waals surface area contributed by atoms with Crippen molar-refractivity contribution >= 4 is 25.4 Å². The van der Waals surface area contributed by atoms with Crippen molar-refractivity contribution in [2.24, 2.45) is 5.92 Å². The van der Waals surface area contributed by atoms with Gasteiger partial charge < -0.3 is 14.0 Å². The zero-order valence-corrected chi connectivity index (χ0v) is 16.8. The summed E-state index contributed by atoms with van der Waals surface area (Å²) in [5, 5.41) is 13.2. The molecule has 0 heterocycles. The van der Waals surface area contributed by atoms with Crippen LogP contribution in [0.5, 0.6) is 5.75 Å². The molecule has 28 heavy (non-hydrogen) atoms. The Morgan fingerprint density at radius 3 is 2.25 bits per heavy atom. The second kappa shape index (κ2) is 10.7. The summed E-state index contributed by atoms with van der Waals surface area (Å²) in [4.78, 5) is 33.5. The fourth-order valence-electron chi connectivity index (χ4n) is 2.06. The molecular weight excluding hydrogens is 395 g/mol. The third-order valence-corrected chi connectivity index (χ3v) is 4.91. The second-order valence-corrected chi connectivity index (χ2v) is 7.72. The van der Waals surface area contributed by atoms with Gasteiger partial charge in [-0.25, -0.2) is 9.36 Å². The summed E-state index contributed by atoms with van der Waals surface area (Å²) in [5.41, 5.74) is -0.196. The Morgan fingerprint density at radius 2 is 1.79 bits per heavy atom. The number of benzene rings is 1. The van der Waals surface area contributed by atoms with Crippen molar-refractivity contribution in [1.82, 2.24) is 5.09 Å². The lowest BCUT2D eigenvalue weighted by molar-refractivity contribution is -0.384. The summed E-state index contributed by atoms with van der Waals surface area (Å²) in [6.45, 7) is 2.98. The third kappa shape index (κ3) is 7.63. The molecule has 1 rings (SSSR count). The quantitative estimate of drug-likeness (QED) is 0.246. The number of nitro benzene ring substituents is 1. The normalized spacial score (nSPS) is 14.0. The van der Waals surface area contributed by atoms with Gasteiger partial charge in [-0.05, 0) is 24.5 Å². The van der Waals surface area contributed by atoms with Crippen LogP contribution >= 0.6 is 7.75 Å². The van der Waals surface area contributed by atoms with Gasteiger partial charge in [0.15, 0.2) is 6.61 Å². The van der Waals surface area contributed by atoms with E-state index in [0.29, 0.717) is 0 Å². The number of carbonyl (C=O) groups is 2. The minimum atomic E-state index is -4.25. The number of nitrogens with one attached hydrogen (secondary N) is 1. The van der Waals surface area contributed by atoms with Gasteiger partial charge in [0.2, 0.25) is 0 Å². The van der Waals surface area contributed by atoms with Crippen molar-refractivity contribution in [3.8, 4) is 5.75 Å². The number of nitrogens with zero attached hydrogens (tertiary/aromatic N) is 1. The highest BCUT2D eigenvalue weighted by Crippen LogP contribution is 2.45. The number of nitro groups is 1. The minimum absolute atomic E-state index is 0.0283. The van der Waals surface area contributed by atoms with Crippen molar-refractivity contribution in [1.29, 1.82) is 0 Å². The summed E-state index contributed by atoms with van der Waals surface area (Å²) >= 11 is 0. The van der Waals surface area contributed by atoms with Gasteiger partial charge in [-0.3, -0.25) is 19.4 Å². The fourth-order valence-corrected chi connectivity index (χ4v) is 3.51. The third-order valence-electron chi connectivity index (χ3n) is 3.36. The van der Waals surface area contributed by atoms with Crippen molar-refractivity contribution in [2.45, 2.75) is 26.3 Å². The highest BCUT2D eigenvalue weighted by Gasteiger charge is 2.35. The zero-order chi connectivity index (χ0) is 21.3. The molecule has 0 saturated heterocycles. The molecule has 1 aromatic rings. The maximum atomic E-state index is 13.1. The molecule has 0 aliphatic carbocycles. The SMILES string of the molecule is COC(=O)COP(=O)(N[C@@H](CC(C)C)C(=O)OC)Oc1ccc([N+](=O)[O-])cc1. The molecule has 0 aliphatic rings. The van der Waals surface area contributed by atoms with E-state index in [1.54, 1.807) is 0 Å². The number of hydrogen-bond acceptors (Lipinski definition) is 9. The van der Waals surface area contributed by atoms with Crippen molar-refractivity contribution in [2.75, 3.05) is 20.8 Å². The molecule has 1 aromatic carbocycles. The summed E-state index contributed by atoms with van der Waals surface area (Å²) in [6.07, 6.45) is 0.252. The Morgan fingerprint density at radius 1 is 1.18 bits per heavy atom. The van der Waals surface area contributed by atoms with Gasteiger partial charge in [0.25, 0.3) is 5.69 Å². The number of rotatable bonds is 11. The van der Waals surface area contributed by atoms with Crippen LogP contribution in [-0.2, 0) is 28.2 Å². The lowest BCUT2D eigenvalue weighted by Gasteiger charge is -2.24. The lowest BCUT2D eigenvalue weighted by Crippen LogP contribution is -2.38. The Hall–Kier alpha value is -2.49. The molecule has 12 heteroatoms. The molecule has 11 nitrogen and oxygen atoms in total. The first-order chi connectivity index (χ1) is 13.1. The molecule has 156 valence electrons. The van der Waals surface area contributed by atoms with Crippen LogP contribution in [0.2, 0.25) is 0 Å². The summed E-state index contributed by atoms with van der Waals surface area (Å²) in [6, 6.07) is 3.68. The van der Waals surface area contributed by atoms with Gasteiger partial charge in [0.05, 0.1) is 19.1 Å². The van der Waals surface area contributed by atoms with E-state index in [4.69, 9.17) is 13.8 Å². The van der Waals surface area contributed by atoms with Crippen LogP contribution in [0.4, 0.5) is 5.69 Å². The lowest BCUT2D eigenvalue weighted by atomic mass is 10.1. The molecule has 0 aromatic heterocycles. The van der Waals surface area contributed by atoms with E-state index in [2.05, 4.69) is 9.82 Å². The van der Waals surface area contributed by atoms with Crippen LogP contribution in [0.1, 0.15) is 20.3 Å². The van der Waals surface area contributed by atoms with E-state index in [0.717, 1.165) is 19.2 Å². The number of ether oxygens (including phenoxy) is 2. The Kier molecular flexibility index (Phi) is 9.04. The molecule has 0 aliphatic heterocycles. The van der Waals surface area contributed by atoms with Gasteiger partial charge in [-0.1, -0.05) is 13.8 Å². The average molecular weight is 418 g/mol. The zero-order valence-electron chi connectivity index (χ0n) is 15.9. The largest absolute Gasteiger partial charge is 0.468 e. The van der Waals surface area contributed by atoms with E-state index >= 15 is 0 Å². The molecule has 0 spiro atoms. The second-order valence-electron chi connectivity index (χ2n) is 6.02. The van der Waals surface area contributed by atoms with E-state index < -0.39 is 37.3 Å². The molecule has 0 bridgehead atoms. The highest BCUT2D eigenvalue weighted by atomic mass is 31.2. The summed E-state index contributed by atoms with van der Waals surface area (Å²) in [7, 11) is -1.95. The van der Waals surface area contributed by atoms with Gasteiger partial charge >= 0.3 is 19.7 Å². The van der Waals surface area contributed by atoms with Gasteiger partial charge in [-0.15, -0.1) is 0 Å². The van der Waals surface area contributed by atoms with E-state index in [9.17, 15) is 24.3 Å². The molecule has 0 fully saturated rings.